The van der Waals surface area contributed by atoms with E-state index < -0.39 is 26.0 Å². The third kappa shape index (κ3) is 59.3. The fourth-order valence-corrected chi connectivity index (χ4v) is 1.10. The Morgan fingerprint density at radius 1 is 0.875 bits per heavy atom. The Morgan fingerprint density at radius 2 is 1.00 bits per heavy atom. The van der Waals surface area contributed by atoms with Crippen LogP contribution >= 0.6 is 15.6 Å². The molecule has 0 spiro atoms. The van der Waals surface area contributed by atoms with Crippen LogP contribution < -0.4 is 19.6 Å². The fraction of sp³-hybridized carbons (Fsp3) is 0. The normalized spacial score (nSPS) is 11.4. The van der Waals surface area contributed by atoms with Gasteiger partial charge >= 0.3 is 44.5 Å². The number of phosphoric acid groups is 2. The molecule has 0 rings (SSSR count). The van der Waals surface area contributed by atoms with E-state index in [4.69, 9.17) is 17.5 Å². The molecule has 0 unspecified atom stereocenters. The molecule has 0 atom stereocenters. The van der Waals surface area contributed by atoms with E-state index >= 15 is 0 Å². The molecule has 0 saturated carbocycles. The van der Waals surface area contributed by atoms with Crippen molar-refractivity contribution in [2.45, 2.75) is 0 Å². The summed E-state index contributed by atoms with van der Waals surface area (Å²) < 4.78 is 52.7. The van der Waals surface area contributed by atoms with Gasteiger partial charge in [0.05, 0.1) is 15.6 Å². The summed E-state index contributed by atoms with van der Waals surface area (Å²) in [5, 5.41) is 0. The standard InChI is InChI=1S/2Cu.H4O7P2.H2O4S/c;;1-8(2,3)7-9(4,5)6;1-5(2,3)4/h;;(H2,1,2,3)(H2,4,5,6);(H2,1,2,3,4)/q2*+2;;/p-4. The summed E-state index contributed by atoms with van der Waals surface area (Å²) in [7, 11) is -16.0. The molecule has 0 fully saturated rings. The second-order valence-corrected chi connectivity index (χ2v) is 4.76. The predicted octanol–water partition coefficient (Wildman–Crippen LogP) is -4.00. The molecule has 0 aliphatic heterocycles. The van der Waals surface area contributed by atoms with E-state index in [0.29, 0.717) is 0 Å². The second kappa shape index (κ2) is 9.15. The van der Waals surface area contributed by atoms with Crippen molar-refractivity contribution in [3.63, 3.8) is 0 Å². The van der Waals surface area contributed by atoms with Crippen LogP contribution in [0.3, 0.4) is 0 Å². The van der Waals surface area contributed by atoms with Crippen LogP contribution in [-0.4, -0.2) is 17.5 Å². The molecular weight excluding hydrogens is 397 g/mol. The van der Waals surface area contributed by atoms with Gasteiger partial charge < -0.3 is 33.0 Å². The van der Waals surface area contributed by atoms with Gasteiger partial charge in [-0.2, -0.15) is 8.42 Å². The molecule has 2 N–H and O–H groups in total. The van der Waals surface area contributed by atoms with E-state index in [-0.39, 0.29) is 34.1 Å². The van der Waals surface area contributed by atoms with Gasteiger partial charge in [-0.3, -0.25) is 9.11 Å². The topological polar surface area (TPSA) is 210 Å². The quantitative estimate of drug-likeness (QED) is 0.259. The Hall–Kier alpha value is 1.17. The van der Waals surface area contributed by atoms with Crippen molar-refractivity contribution >= 4 is 26.0 Å². The molecule has 0 aromatic carbocycles. The number of rotatable bonds is 2. The Bertz CT molecular complexity index is 316. The second-order valence-electron chi connectivity index (χ2n) is 1.42. The summed E-state index contributed by atoms with van der Waals surface area (Å²) >= 11 is 0. The molecule has 16 heavy (non-hydrogen) atoms. The molecule has 0 heterocycles. The van der Waals surface area contributed by atoms with Crippen LogP contribution in [0, 0.1) is 0 Å². The zero-order chi connectivity index (χ0) is 12.2. The summed E-state index contributed by atoms with van der Waals surface area (Å²) in [6.45, 7) is 0. The molecule has 11 nitrogen and oxygen atoms in total. The van der Waals surface area contributed by atoms with Gasteiger partial charge in [0.15, 0.2) is 0 Å². The van der Waals surface area contributed by atoms with E-state index in [1.807, 2.05) is 0 Å². The van der Waals surface area contributed by atoms with Crippen LogP contribution in [-0.2, 0) is 58.0 Å². The number of hydrogen-bond acceptors (Lipinski definition) is 9. The minimum atomic E-state index is -5.68. The maximum atomic E-state index is 9.32. The molecular formula is H2Cu2O11P2S. The van der Waals surface area contributed by atoms with Crippen molar-refractivity contribution in [2.75, 3.05) is 0 Å². The molecule has 16 heteroatoms. The zero-order valence-corrected chi connectivity index (χ0v) is 11.0. The summed E-state index contributed by atoms with van der Waals surface area (Å²) in [5.41, 5.74) is 0. The molecule has 0 aromatic heterocycles. The average molecular weight is 399 g/mol. The summed E-state index contributed by atoms with van der Waals surface area (Å²) in [4.78, 5) is 37.3. The van der Waals surface area contributed by atoms with E-state index in [1.165, 1.54) is 0 Å². The summed E-state index contributed by atoms with van der Waals surface area (Å²) in [6, 6.07) is 0. The van der Waals surface area contributed by atoms with Gasteiger partial charge in [0.1, 0.15) is 0 Å². The van der Waals surface area contributed by atoms with E-state index in [2.05, 4.69) is 4.31 Å². The Morgan fingerprint density at radius 3 is 1.00 bits per heavy atom. The minimum absolute atomic E-state index is 0. The van der Waals surface area contributed by atoms with Gasteiger partial charge in [0.2, 0.25) is 0 Å². The van der Waals surface area contributed by atoms with Crippen LogP contribution in [0.15, 0.2) is 0 Å². The van der Waals surface area contributed by atoms with Crippen molar-refractivity contribution < 1.29 is 84.7 Å². The molecule has 0 saturated heterocycles. The fourth-order valence-electron chi connectivity index (χ4n) is 0.122. The van der Waals surface area contributed by atoms with E-state index in [0.717, 1.165) is 0 Å². The van der Waals surface area contributed by atoms with Gasteiger partial charge in [0.25, 0.3) is 0 Å². The largest absolute Gasteiger partial charge is 2.00 e. The van der Waals surface area contributed by atoms with E-state index in [9.17, 15) is 28.7 Å². The average Bonchev–Trinajstić information content (AvgIpc) is 1.42. The van der Waals surface area contributed by atoms with Crippen molar-refractivity contribution in [3.05, 3.63) is 0 Å². The summed E-state index contributed by atoms with van der Waals surface area (Å²) in [6.07, 6.45) is 0. The van der Waals surface area contributed by atoms with Crippen LogP contribution in [0.4, 0.5) is 0 Å². The zero-order valence-electron chi connectivity index (χ0n) is 6.47. The van der Waals surface area contributed by atoms with Gasteiger partial charge in [0, 0.05) is 0 Å². The maximum absolute atomic E-state index is 9.32. The van der Waals surface area contributed by atoms with E-state index in [1.54, 1.807) is 0 Å². The Labute approximate surface area is 111 Å². The van der Waals surface area contributed by atoms with Crippen molar-refractivity contribution in [3.8, 4) is 0 Å². The van der Waals surface area contributed by atoms with Gasteiger partial charge in [-0.1, -0.05) is 0 Å². The smallest absolute Gasteiger partial charge is 0.790 e. The molecule has 0 aromatic rings. The van der Waals surface area contributed by atoms with Crippen LogP contribution in [0.1, 0.15) is 0 Å². The van der Waals surface area contributed by atoms with Crippen LogP contribution in [0.5, 0.6) is 0 Å². The van der Waals surface area contributed by atoms with Gasteiger partial charge in [-0.15, -0.1) is 0 Å². The molecule has 0 bridgehead atoms. The third-order valence-electron chi connectivity index (χ3n) is 0.200. The first-order valence-electron chi connectivity index (χ1n) is 2.16. The first-order chi connectivity index (χ1) is 5.71. The van der Waals surface area contributed by atoms with Gasteiger partial charge in [-0.25, -0.2) is 0 Å². The monoisotopic (exact) mass is 398 g/mol. The maximum Gasteiger partial charge on any atom is 2.00 e. The first kappa shape index (κ1) is 25.9. The van der Waals surface area contributed by atoms with Crippen molar-refractivity contribution in [2.24, 2.45) is 0 Å². The Balaban J connectivity index is -0.0000000904. The summed E-state index contributed by atoms with van der Waals surface area (Å²) in [5.74, 6) is 0. The number of hydrogen-bond donors (Lipinski definition) is 2. The Kier molecular flexibility index (Phi) is 14.8. The SMILES string of the molecule is O=P([O-])([O-])OP(=O)([O-])[O-].O=S(=O)(O)O.[Cu+2].[Cu+2]. The van der Waals surface area contributed by atoms with Gasteiger partial charge in [-0.05, 0) is 0 Å². The van der Waals surface area contributed by atoms with Crippen molar-refractivity contribution in [1.82, 2.24) is 0 Å². The van der Waals surface area contributed by atoms with Crippen LogP contribution in [0.2, 0.25) is 0 Å². The first-order valence-corrected chi connectivity index (χ1v) is 6.48. The predicted molar refractivity (Wildman–Crippen MR) is 30.5 cm³/mol. The van der Waals surface area contributed by atoms with Crippen molar-refractivity contribution in [1.29, 1.82) is 0 Å². The van der Waals surface area contributed by atoms with Crippen LogP contribution in [0.25, 0.3) is 0 Å². The third-order valence-corrected chi connectivity index (χ3v) is 1.80. The molecule has 0 amide bonds. The molecule has 106 valence electrons. The minimum Gasteiger partial charge on any atom is -0.790 e. The molecule has 0 aliphatic rings. The molecule has 2 radical (unpaired) electrons. The molecule has 0 aliphatic carbocycles.